The summed E-state index contributed by atoms with van der Waals surface area (Å²) in [6.45, 7) is 1.63. The third kappa shape index (κ3) is 4.61. The molecule has 2 aromatic carbocycles. The normalized spacial score (nSPS) is 15.3. The molecule has 4 nitrogen and oxygen atoms in total. The Hall–Kier alpha value is -1.37. The maximum Gasteiger partial charge on any atom is 0.317 e. The highest BCUT2D eigenvalue weighted by Crippen LogP contribution is 2.42. The van der Waals surface area contributed by atoms with Crippen LogP contribution in [0.5, 0.6) is 0 Å². The monoisotopic (exact) mass is 527 g/mol. The van der Waals surface area contributed by atoms with Gasteiger partial charge in [-0.05, 0) is 87.0 Å². The van der Waals surface area contributed by atoms with E-state index >= 15 is 0 Å². The number of hydrogen-bond donors (Lipinski definition) is 1. The standard InChI is InChI=1S/C21H20Br2ClNO3/c1-13-10-16(22)19(17(23)11-13)25-18(26)12-28-20(27)21(8-2-3-9-21)14-4-6-15(24)7-5-14/h4-7,10-11H,2-3,8-9,12H2,1H3,(H,25,26). The minimum absolute atomic E-state index is 0.332. The largest absolute Gasteiger partial charge is 0.455 e. The molecule has 1 N–H and O–H groups in total. The third-order valence-corrected chi connectivity index (χ3v) is 6.53. The van der Waals surface area contributed by atoms with Crippen LogP contribution in [0.1, 0.15) is 36.8 Å². The molecule has 1 aliphatic carbocycles. The predicted molar refractivity (Wildman–Crippen MR) is 118 cm³/mol. The van der Waals surface area contributed by atoms with Crippen LogP contribution >= 0.6 is 43.5 Å². The van der Waals surface area contributed by atoms with E-state index in [4.69, 9.17) is 16.3 Å². The second kappa shape index (κ2) is 8.97. The first-order chi connectivity index (χ1) is 13.3. The topological polar surface area (TPSA) is 55.4 Å². The number of benzene rings is 2. The van der Waals surface area contributed by atoms with Crippen LogP contribution in [0.3, 0.4) is 0 Å². The summed E-state index contributed by atoms with van der Waals surface area (Å²) in [4.78, 5) is 25.3. The molecule has 0 spiro atoms. The Morgan fingerprint density at radius 1 is 1.11 bits per heavy atom. The Morgan fingerprint density at radius 2 is 1.68 bits per heavy atom. The average molecular weight is 530 g/mol. The van der Waals surface area contributed by atoms with E-state index in [0.29, 0.717) is 23.6 Å². The fraction of sp³-hybridized carbons (Fsp3) is 0.333. The van der Waals surface area contributed by atoms with E-state index in [9.17, 15) is 9.59 Å². The van der Waals surface area contributed by atoms with Crippen LogP contribution in [-0.4, -0.2) is 18.5 Å². The van der Waals surface area contributed by atoms with Gasteiger partial charge in [0, 0.05) is 14.0 Å². The molecule has 0 bridgehead atoms. The summed E-state index contributed by atoms with van der Waals surface area (Å²) in [5, 5.41) is 3.41. The molecule has 0 aromatic heterocycles. The van der Waals surface area contributed by atoms with Gasteiger partial charge >= 0.3 is 5.97 Å². The quantitative estimate of drug-likeness (QED) is 0.472. The van der Waals surface area contributed by atoms with Crippen molar-refractivity contribution in [2.75, 3.05) is 11.9 Å². The van der Waals surface area contributed by atoms with Gasteiger partial charge in [-0.3, -0.25) is 9.59 Å². The fourth-order valence-electron chi connectivity index (χ4n) is 3.62. The van der Waals surface area contributed by atoms with Crippen LogP contribution in [0, 0.1) is 6.92 Å². The molecule has 1 fully saturated rings. The van der Waals surface area contributed by atoms with Crippen molar-refractivity contribution in [3.05, 3.63) is 61.5 Å². The number of esters is 1. The molecule has 2 aromatic rings. The summed E-state index contributed by atoms with van der Waals surface area (Å²) < 4.78 is 6.95. The minimum atomic E-state index is -0.699. The molecule has 1 amide bonds. The lowest BCUT2D eigenvalue weighted by Crippen LogP contribution is -2.36. The fourth-order valence-corrected chi connectivity index (χ4v) is 5.36. The van der Waals surface area contributed by atoms with Crippen LogP contribution < -0.4 is 5.32 Å². The molecule has 3 rings (SSSR count). The number of carbonyl (C=O) groups is 2. The number of hydrogen-bond acceptors (Lipinski definition) is 3. The van der Waals surface area contributed by atoms with Crippen molar-refractivity contribution in [3.8, 4) is 0 Å². The summed E-state index contributed by atoms with van der Waals surface area (Å²) in [5.74, 6) is -0.743. The second-order valence-corrected chi connectivity index (χ2v) is 9.17. The number of aryl methyl sites for hydroxylation is 1. The lowest BCUT2D eigenvalue weighted by molar-refractivity contribution is -0.153. The van der Waals surface area contributed by atoms with E-state index in [-0.39, 0.29) is 18.5 Å². The SMILES string of the molecule is Cc1cc(Br)c(NC(=O)COC(=O)C2(c3ccc(Cl)cc3)CCCC2)c(Br)c1. The van der Waals surface area contributed by atoms with E-state index < -0.39 is 5.41 Å². The summed E-state index contributed by atoms with van der Waals surface area (Å²) in [6.07, 6.45) is 3.33. The molecule has 0 radical (unpaired) electrons. The average Bonchev–Trinajstić information content (AvgIpc) is 3.14. The summed E-state index contributed by atoms with van der Waals surface area (Å²) in [6, 6.07) is 11.1. The highest BCUT2D eigenvalue weighted by atomic mass is 79.9. The van der Waals surface area contributed by atoms with Crippen molar-refractivity contribution in [3.63, 3.8) is 0 Å². The van der Waals surface area contributed by atoms with Gasteiger partial charge < -0.3 is 10.1 Å². The number of ether oxygens (including phenoxy) is 1. The van der Waals surface area contributed by atoms with Crippen LogP contribution in [-0.2, 0) is 19.7 Å². The van der Waals surface area contributed by atoms with Gasteiger partial charge in [-0.15, -0.1) is 0 Å². The van der Waals surface area contributed by atoms with E-state index in [2.05, 4.69) is 37.2 Å². The molecule has 1 aliphatic rings. The number of amides is 1. The first-order valence-corrected chi connectivity index (χ1v) is 11.0. The number of rotatable bonds is 5. The van der Waals surface area contributed by atoms with Gasteiger partial charge in [-0.2, -0.15) is 0 Å². The molecule has 148 valence electrons. The van der Waals surface area contributed by atoms with E-state index in [1.54, 1.807) is 12.1 Å². The third-order valence-electron chi connectivity index (χ3n) is 5.03. The zero-order valence-electron chi connectivity index (χ0n) is 15.4. The number of nitrogens with one attached hydrogen (secondary N) is 1. The number of halogens is 3. The van der Waals surface area contributed by atoms with Crippen molar-refractivity contribution in [2.24, 2.45) is 0 Å². The Labute approximate surface area is 186 Å². The predicted octanol–water partition coefficient (Wildman–Crippen LogP) is 6.17. The van der Waals surface area contributed by atoms with E-state index in [0.717, 1.165) is 32.9 Å². The molecule has 0 heterocycles. The molecule has 28 heavy (non-hydrogen) atoms. The van der Waals surface area contributed by atoms with Gasteiger partial charge in [0.1, 0.15) is 0 Å². The zero-order valence-corrected chi connectivity index (χ0v) is 19.3. The van der Waals surface area contributed by atoms with Crippen molar-refractivity contribution < 1.29 is 14.3 Å². The van der Waals surface area contributed by atoms with Crippen LogP contribution in [0.15, 0.2) is 45.3 Å². The molecular weight excluding hydrogens is 509 g/mol. The highest BCUT2D eigenvalue weighted by Gasteiger charge is 2.44. The molecule has 0 aliphatic heterocycles. The second-order valence-electron chi connectivity index (χ2n) is 7.02. The maximum absolute atomic E-state index is 12.9. The minimum Gasteiger partial charge on any atom is -0.455 e. The maximum atomic E-state index is 12.9. The van der Waals surface area contributed by atoms with Crippen LogP contribution in [0.25, 0.3) is 0 Å². The summed E-state index contributed by atoms with van der Waals surface area (Å²) >= 11 is 12.9. The first kappa shape index (κ1) is 21.3. The highest BCUT2D eigenvalue weighted by molar-refractivity contribution is 9.11. The van der Waals surface area contributed by atoms with Crippen LogP contribution in [0.4, 0.5) is 5.69 Å². The number of anilines is 1. The van der Waals surface area contributed by atoms with Gasteiger partial charge in [0.15, 0.2) is 6.61 Å². The molecule has 0 unspecified atom stereocenters. The Bertz CT molecular complexity index is 870. The van der Waals surface area contributed by atoms with Crippen molar-refractivity contribution in [2.45, 2.75) is 38.0 Å². The van der Waals surface area contributed by atoms with E-state index in [1.807, 2.05) is 31.2 Å². The van der Waals surface area contributed by atoms with Gasteiger partial charge in [0.2, 0.25) is 0 Å². The number of carbonyl (C=O) groups excluding carboxylic acids is 2. The Morgan fingerprint density at radius 3 is 2.25 bits per heavy atom. The lowest BCUT2D eigenvalue weighted by atomic mass is 9.79. The first-order valence-electron chi connectivity index (χ1n) is 9.00. The zero-order chi connectivity index (χ0) is 20.3. The lowest BCUT2D eigenvalue weighted by Gasteiger charge is -2.27. The van der Waals surface area contributed by atoms with Gasteiger partial charge in [-0.1, -0.05) is 36.6 Å². The smallest absolute Gasteiger partial charge is 0.317 e. The van der Waals surface area contributed by atoms with Crippen molar-refractivity contribution in [1.82, 2.24) is 0 Å². The van der Waals surface area contributed by atoms with Gasteiger partial charge in [0.25, 0.3) is 5.91 Å². The summed E-state index contributed by atoms with van der Waals surface area (Å²) in [5.41, 5.74) is 1.86. The molecule has 1 saturated carbocycles. The van der Waals surface area contributed by atoms with E-state index in [1.165, 1.54) is 0 Å². The molecule has 0 saturated heterocycles. The molecule has 0 atom stereocenters. The Balaban J connectivity index is 1.68. The van der Waals surface area contributed by atoms with Gasteiger partial charge in [0.05, 0.1) is 11.1 Å². The van der Waals surface area contributed by atoms with Crippen LogP contribution in [0.2, 0.25) is 5.02 Å². The van der Waals surface area contributed by atoms with Gasteiger partial charge in [-0.25, -0.2) is 0 Å². The van der Waals surface area contributed by atoms with Crippen molar-refractivity contribution >= 4 is 61.0 Å². The van der Waals surface area contributed by atoms with Crippen molar-refractivity contribution in [1.29, 1.82) is 0 Å². The molecule has 7 heteroatoms. The molecular formula is C21H20Br2ClNO3. The Kier molecular flexibility index (Phi) is 6.84. The summed E-state index contributed by atoms with van der Waals surface area (Å²) in [7, 11) is 0.